The van der Waals surface area contributed by atoms with Crippen molar-refractivity contribution in [2.75, 3.05) is 68.0 Å². The zero-order valence-corrected chi connectivity index (χ0v) is 13.1. The van der Waals surface area contributed by atoms with Crippen molar-refractivity contribution in [3.05, 3.63) is 6.33 Å². The minimum Gasteiger partial charge on any atom is -0.395 e. The van der Waals surface area contributed by atoms with E-state index >= 15 is 0 Å². The average molecular weight is 306 g/mol. The average Bonchev–Trinajstić information content (AvgIpc) is 2.57. The highest BCUT2D eigenvalue weighted by atomic mass is 16.3. The summed E-state index contributed by atoms with van der Waals surface area (Å²) in [6.45, 7) is 6.67. The lowest BCUT2D eigenvalue weighted by molar-refractivity contribution is 0.188. The minimum absolute atomic E-state index is 0.217. The van der Waals surface area contributed by atoms with Crippen LogP contribution in [0.2, 0.25) is 0 Å². The number of aromatic nitrogens is 2. The van der Waals surface area contributed by atoms with E-state index in [1.807, 2.05) is 0 Å². The molecule has 122 valence electrons. The standard InChI is InChI=1S/C15H26N6O/c16-13-14(20-4-2-1-3-5-20)17-12-18-15(13)21-8-6-19(7-9-21)10-11-22/h12,22H,1-11,16H2. The third-order valence-corrected chi connectivity index (χ3v) is 4.59. The summed E-state index contributed by atoms with van der Waals surface area (Å²) >= 11 is 0. The van der Waals surface area contributed by atoms with Gasteiger partial charge in [-0.3, -0.25) is 4.90 Å². The summed E-state index contributed by atoms with van der Waals surface area (Å²) in [5.74, 6) is 1.75. The summed E-state index contributed by atoms with van der Waals surface area (Å²) < 4.78 is 0. The van der Waals surface area contributed by atoms with Crippen LogP contribution in [0.25, 0.3) is 0 Å². The number of nitrogen functional groups attached to an aromatic ring is 1. The van der Waals surface area contributed by atoms with Crippen LogP contribution in [0.5, 0.6) is 0 Å². The first kappa shape index (κ1) is 15.3. The van der Waals surface area contributed by atoms with E-state index in [1.165, 1.54) is 19.3 Å². The molecule has 0 bridgehead atoms. The molecule has 1 aromatic heterocycles. The molecule has 7 nitrogen and oxygen atoms in total. The number of rotatable bonds is 4. The number of anilines is 3. The molecule has 0 aliphatic carbocycles. The zero-order valence-electron chi connectivity index (χ0n) is 13.1. The predicted molar refractivity (Wildman–Crippen MR) is 88.2 cm³/mol. The Morgan fingerprint density at radius 3 is 2.09 bits per heavy atom. The van der Waals surface area contributed by atoms with Crippen LogP contribution in [0.4, 0.5) is 17.3 Å². The van der Waals surface area contributed by atoms with Gasteiger partial charge in [0.05, 0.1) is 6.61 Å². The normalized spacial score (nSPS) is 20.4. The first-order valence-electron chi connectivity index (χ1n) is 8.23. The molecule has 22 heavy (non-hydrogen) atoms. The molecule has 3 rings (SSSR count). The SMILES string of the molecule is Nc1c(N2CCCCC2)ncnc1N1CCN(CCO)CC1. The fourth-order valence-corrected chi connectivity index (χ4v) is 3.31. The third kappa shape index (κ3) is 3.25. The molecule has 2 saturated heterocycles. The molecular formula is C15H26N6O. The molecule has 7 heteroatoms. The van der Waals surface area contributed by atoms with E-state index in [9.17, 15) is 0 Å². The topological polar surface area (TPSA) is 81.8 Å². The molecule has 2 aliphatic rings. The molecule has 2 aliphatic heterocycles. The van der Waals surface area contributed by atoms with E-state index in [0.29, 0.717) is 5.69 Å². The monoisotopic (exact) mass is 306 g/mol. The molecule has 0 unspecified atom stereocenters. The number of nitrogens with zero attached hydrogens (tertiary/aromatic N) is 5. The van der Waals surface area contributed by atoms with Gasteiger partial charge < -0.3 is 20.6 Å². The summed E-state index contributed by atoms with van der Waals surface area (Å²) in [6, 6.07) is 0. The van der Waals surface area contributed by atoms with E-state index in [0.717, 1.165) is 57.4 Å². The van der Waals surface area contributed by atoms with Crippen molar-refractivity contribution >= 4 is 17.3 Å². The second-order valence-corrected chi connectivity index (χ2v) is 6.03. The zero-order chi connectivity index (χ0) is 15.4. The lowest BCUT2D eigenvalue weighted by Gasteiger charge is -2.36. The van der Waals surface area contributed by atoms with E-state index in [1.54, 1.807) is 6.33 Å². The highest BCUT2D eigenvalue weighted by Crippen LogP contribution is 2.30. The quantitative estimate of drug-likeness (QED) is 0.820. The van der Waals surface area contributed by atoms with Crippen molar-refractivity contribution in [2.45, 2.75) is 19.3 Å². The molecule has 0 aromatic carbocycles. The minimum atomic E-state index is 0.217. The predicted octanol–water partition coefficient (Wildman–Crippen LogP) is 0.163. The Kier molecular flexibility index (Phi) is 4.94. The van der Waals surface area contributed by atoms with Gasteiger partial charge in [-0.15, -0.1) is 0 Å². The molecule has 1 aromatic rings. The van der Waals surface area contributed by atoms with E-state index in [-0.39, 0.29) is 6.61 Å². The first-order valence-corrected chi connectivity index (χ1v) is 8.23. The van der Waals surface area contributed by atoms with E-state index in [2.05, 4.69) is 24.7 Å². The summed E-state index contributed by atoms with van der Waals surface area (Å²) in [4.78, 5) is 15.6. The Bertz CT molecular complexity index is 483. The van der Waals surface area contributed by atoms with Crippen molar-refractivity contribution in [2.24, 2.45) is 0 Å². The molecule has 3 heterocycles. The number of piperidine rings is 1. The van der Waals surface area contributed by atoms with Gasteiger partial charge in [-0.2, -0.15) is 0 Å². The van der Waals surface area contributed by atoms with Crippen molar-refractivity contribution in [3.63, 3.8) is 0 Å². The molecule has 0 atom stereocenters. The van der Waals surface area contributed by atoms with Gasteiger partial charge in [0.15, 0.2) is 11.6 Å². The van der Waals surface area contributed by atoms with Crippen molar-refractivity contribution < 1.29 is 5.11 Å². The molecule has 2 fully saturated rings. The van der Waals surface area contributed by atoms with Crippen LogP contribution in [0.3, 0.4) is 0 Å². The molecule has 3 N–H and O–H groups in total. The number of piperazine rings is 1. The van der Waals surface area contributed by atoms with Gasteiger partial charge in [0.25, 0.3) is 0 Å². The van der Waals surface area contributed by atoms with Gasteiger partial charge in [-0.1, -0.05) is 0 Å². The van der Waals surface area contributed by atoms with E-state index in [4.69, 9.17) is 10.8 Å². The highest BCUT2D eigenvalue weighted by molar-refractivity contribution is 5.75. The van der Waals surface area contributed by atoms with Crippen LogP contribution in [0.1, 0.15) is 19.3 Å². The summed E-state index contributed by atoms with van der Waals surface area (Å²) in [5, 5.41) is 9.02. The Morgan fingerprint density at radius 1 is 0.909 bits per heavy atom. The molecule has 0 spiro atoms. The maximum Gasteiger partial charge on any atom is 0.157 e. The number of hydrogen-bond donors (Lipinski definition) is 2. The molecular weight excluding hydrogens is 280 g/mol. The number of nitrogens with two attached hydrogens (primary N) is 1. The Labute approximate surface area is 131 Å². The summed E-state index contributed by atoms with van der Waals surface area (Å²) in [6.07, 6.45) is 5.34. The van der Waals surface area contributed by atoms with Gasteiger partial charge in [-0.05, 0) is 19.3 Å². The number of aliphatic hydroxyl groups is 1. The van der Waals surface area contributed by atoms with Gasteiger partial charge in [0, 0.05) is 45.8 Å². The van der Waals surface area contributed by atoms with Gasteiger partial charge in [0.1, 0.15) is 12.0 Å². The van der Waals surface area contributed by atoms with Crippen LogP contribution in [-0.2, 0) is 0 Å². The van der Waals surface area contributed by atoms with Crippen molar-refractivity contribution in [3.8, 4) is 0 Å². The smallest absolute Gasteiger partial charge is 0.157 e. The Morgan fingerprint density at radius 2 is 1.50 bits per heavy atom. The van der Waals surface area contributed by atoms with Crippen LogP contribution < -0.4 is 15.5 Å². The summed E-state index contributed by atoms with van der Waals surface area (Å²) in [7, 11) is 0. The Hall–Kier alpha value is -1.60. The molecule has 0 saturated carbocycles. The Balaban J connectivity index is 1.72. The fraction of sp³-hybridized carbons (Fsp3) is 0.733. The van der Waals surface area contributed by atoms with Gasteiger partial charge in [-0.25, -0.2) is 9.97 Å². The lowest BCUT2D eigenvalue weighted by atomic mass is 10.1. The van der Waals surface area contributed by atoms with Gasteiger partial charge >= 0.3 is 0 Å². The number of hydrogen-bond acceptors (Lipinski definition) is 7. The maximum absolute atomic E-state index is 9.02. The molecule has 0 radical (unpaired) electrons. The molecule has 0 amide bonds. The van der Waals surface area contributed by atoms with Crippen LogP contribution in [-0.4, -0.2) is 72.4 Å². The maximum atomic E-state index is 9.02. The fourth-order valence-electron chi connectivity index (χ4n) is 3.31. The van der Waals surface area contributed by atoms with E-state index < -0.39 is 0 Å². The van der Waals surface area contributed by atoms with Crippen molar-refractivity contribution in [1.29, 1.82) is 0 Å². The second-order valence-electron chi connectivity index (χ2n) is 6.03. The van der Waals surface area contributed by atoms with Crippen LogP contribution in [0, 0.1) is 0 Å². The van der Waals surface area contributed by atoms with Crippen molar-refractivity contribution in [1.82, 2.24) is 14.9 Å². The largest absolute Gasteiger partial charge is 0.395 e. The summed E-state index contributed by atoms with van der Waals surface area (Å²) in [5.41, 5.74) is 7.08. The van der Waals surface area contributed by atoms with Gasteiger partial charge in [0.2, 0.25) is 0 Å². The van der Waals surface area contributed by atoms with Crippen LogP contribution in [0.15, 0.2) is 6.33 Å². The second kappa shape index (κ2) is 7.11. The highest BCUT2D eigenvalue weighted by Gasteiger charge is 2.23. The number of β-amino-alcohol motifs (C(OH)–C–C–N with tert-alkyl or cyclic N) is 1. The lowest BCUT2D eigenvalue weighted by Crippen LogP contribution is -2.47. The third-order valence-electron chi connectivity index (χ3n) is 4.59. The van der Waals surface area contributed by atoms with Crippen LogP contribution >= 0.6 is 0 Å². The first-order chi connectivity index (χ1) is 10.8. The number of aliphatic hydroxyl groups excluding tert-OH is 1.